The van der Waals surface area contributed by atoms with Crippen LogP contribution in [0.3, 0.4) is 0 Å². The van der Waals surface area contributed by atoms with Gasteiger partial charge in [-0.1, -0.05) is 54.4 Å². The SMILES string of the molecule is CC(C)OP(=O)([O-])OC[C@@H]1C[C@@H](C)CN1C(=O)CCCCOC1OC(CO)C(O)C(O)C1C.CC(C)OP(=O)([O-])OC[C@@H]1C[C@@H](O)CN1C(=O)CCCCCCC(=O)CCCCOC1OC(CO)C(O)C(O)C1C.CC1C(OCCCCC(=O)N2C[C@H](C)C[C@H]2COP(=O)([O-])O[C@@H]2C[C@@H](COP(=O)([O-])OC(C)(C)C)N(C(=O)CCCCOC3OC(CO)C(O)C(O)C3C)C2)OC(CO)C(O)C1O. The summed E-state index contributed by atoms with van der Waals surface area (Å²) in [6, 6.07) is -2.32. The molecule has 8 aliphatic rings. The van der Waals surface area contributed by atoms with Gasteiger partial charge in [-0.05, 0) is 150 Å². The number of nitrogens with zero attached hydrogens (tertiary/aromatic N) is 4. The molecule has 46 nitrogen and oxygen atoms in total. The number of aliphatic hydroxyl groups excluding tert-OH is 13. The van der Waals surface area contributed by atoms with Crippen molar-refractivity contribution in [2.24, 2.45) is 35.5 Å². The summed E-state index contributed by atoms with van der Waals surface area (Å²) >= 11 is 0. The first-order chi connectivity index (χ1) is 64.2. The van der Waals surface area contributed by atoms with Crippen LogP contribution in [0.15, 0.2) is 0 Å². The molecule has 50 heteroatoms. The second-order valence-electron chi connectivity index (χ2n) is 38.8. The Morgan fingerprint density at radius 3 is 0.942 bits per heavy atom. The van der Waals surface area contributed by atoms with Crippen LogP contribution >= 0.6 is 31.3 Å². The summed E-state index contributed by atoms with van der Waals surface area (Å²) in [7, 11) is -18.7. The maximum Gasteiger partial charge on any atom is 0.268 e. The average molecular weight is 2060 g/mol. The lowest BCUT2D eigenvalue weighted by Crippen LogP contribution is -2.55. The molecule has 24 unspecified atom stereocenters. The highest BCUT2D eigenvalue weighted by Crippen LogP contribution is 2.48. The monoisotopic (exact) mass is 2050 g/mol. The Bertz CT molecular complexity index is 3750. The Labute approximate surface area is 803 Å². The molecule has 8 heterocycles. The average Bonchev–Trinajstić information content (AvgIpc) is 1.66. The van der Waals surface area contributed by atoms with Crippen molar-refractivity contribution in [3.63, 3.8) is 0 Å². The van der Waals surface area contributed by atoms with Crippen LogP contribution in [0.2, 0.25) is 0 Å². The molecule has 8 fully saturated rings. The lowest BCUT2D eigenvalue weighted by molar-refractivity contribution is -0.282. The van der Waals surface area contributed by atoms with E-state index in [9.17, 15) is 128 Å². The Balaban J connectivity index is 0.000000336. The number of hydrogen-bond acceptors (Lipinski definition) is 42. The minimum Gasteiger partial charge on any atom is -0.756 e. The Hall–Kier alpha value is -2.85. The van der Waals surface area contributed by atoms with E-state index < -0.39 is 240 Å². The van der Waals surface area contributed by atoms with Gasteiger partial charge in [-0.3, -0.25) is 42.2 Å². The Morgan fingerprint density at radius 2 is 0.628 bits per heavy atom. The summed E-state index contributed by atoms with van der Waals surface area (Å²) < 4.78 is 135. The number of amides is 4. The highest BCUT2D eigenvalue weighted by molar-refractivity contribution is 7.46. The molecular weight excluding hydrogens is 1900 g/mol. The summed E-state index contributed by atoms with van der Waals surface area (Å²) in [5, 5.41) is 128. The van der Waals surface area contributed by atoms with Crippen LogP contribution in [-0.4, -0.2) is 373 Å². The van der Waals surface area contributed by atoms with Crippen molar-refractivity contribution in [1.29, 1.82) is 0 Å². The van der Waals surface area contributed by atoms with Crippen LogP contribution in [0.1, 0.15) is 231 Å². The summed E-state index contributed by atoms with van der Waals surface area (Å²) in [5.41, 5.74) is -1.10. The number of aliphatic hydroxyl groups is 13. The van der Waals surface area contributed by atoms with Crippen molar-refractivity contribution in [2.45, 2.75) is 384 Å². The molecule has 32 atom stereocenters. The highest BCUT2D eigenvalue weighted by Gasteiger charge is 2.48. The molecule has 802 valence electrons. The number of ketones is 1. The zero-order valence-corrected chi connectivity index (χ0v) is 85.0. The van der Waals surface area contributed by atoms with Crippen LogP contribution in [-0.2, 0) is 116 Å². The molecule has 0 aromatic rings. The largest absolute Gasteiger partial charge is 0.756 e. The van der Waals surface area contributed by atoms with Crippen LogP contribution in [0, 0.1) is 35.5 Å². The van der Waals surface area contributed by atoms with E-state index in [2.05, 4.69) is 0 Å². The Morgan fingerprint density at radius 1 is 0.358 bits per heavy atom. The highest BCUT2D eigenvalue weighted by atomic mass is 31.2. The lowest BCUT2D eigenvalue weighted by Gasteiger charge is -2.40. The third-order valence-electron chi connectivity index (χ3n) is 25.0. The molecule has 4 amide bonds. The van der Waals surface area contributed by atoms with Gasteiger partial charge >= 0.3 is 0 Å². The summed E-state index contributed by atoms with van der Waals surface area (Å²) in [4.78, 5) is 120. The van der Waals surface area contributed by atoms with E-state index in [1.54, 1.807) is 65.2 Å². The number of likely N-dealkylation sites (tertiary alicyclic amines) is 4. The van der Waals surface area contributed by atoms with Gasteiger partial charge in [0, 0.05) is 115 Å². The summed E-state index contributed by atoms with van der Waals surface area (Å²) in [6.07, 6.45) is -9.46. The number of ether oxygens (including phenoxy) is 8. The molecule has 8 aliphatic heterocycles. The predicted octanol–water partition coefficient (Wildman–Crippen LogP) is 0.944. The van der Waals surface area contributed by atoms with Crippen molar-refractivity contribution < 1.29 is 202 Å². The van der Waals surface area contributed by atoms with Gasteiger partial charge in [0.2, 0.25) is 23.6 Å². The van der Waals surface area contributed by atoms with E-state index in [-0.39, 0.29) is 133 Å². The number of carbonyl (C=O) groups is 5. The van der Waals surface area contributed by atoms with Crippen LogP contribution in [0.4, 0.5) is 0 Å². The first-order valence-electron chi connectivity index (χ1n) is 48.2. The first-order valence-corrected chi connectivity index (χ1v) is 54.0. The van der Waals surface area contributed by atoms with Crippen LogP contribution < -0.4 is 19.6 Å². The molecule has 0 saturated carbocycles. The van der Waals surface area contributed by atoms with Crippen LogP contribution in [0.5, 0.6) is 0 Å². The van der Waals surface area contributed by atoms with E-state index >= 15 is 0 Å². The molecule has 0 aromatic heterocycles. The first kappa shape index (κ1) is 123. The van der Waals surface area contributed by atoms with Gasteiger partial charge in [-0.15, -0.1) is 0 Å². The maximum atomic E-state index is 13.5. The van der Waals surface area contributed by atoms with Gasteiger partial charge in [0.05, 0.1) is 131 Å². The van der Waals surface area contributed by atoms with Crippen molar-refractivity contribution in [1.82, 2.24) is 19.6 Å². The number of hydrogen-bond donors (Lipinski definition) is 13. The molecular formula is C87H158N4O42P4-4. The minimum absolute atomic E-state index is 0.0294. The number of phosphoric ester groups is 4. The van der Waals surface area contributed by atoms with E-state index in [1.807, 2.05) is 13.8 Å². The third-order valence-corrected chi connectivity index (χ3v) is 29.6. The predicted molar refractivity (Wildman–Crippen MR) is 477 cm³/mol. The van der Waals surface area contributed by atoms with Crippen molar-refractivity contribution in [2.75, 3.05) is 105 Å². The summed E-state index contributed by atoms with van der Waals surface area (Å²) in [6.45, 7) is 20.2. The molecule has 0 spiro atoms. The molecule has 0 aromatic carbocycles. The second-order valence-corrected chi connectivity index (χ2v) is 44.3. The van der Waals surface area contributed by atoms with Crippen LogP contribution in [0.25, 0.3) is 0 Å². The fourth-order valence-corrected chi connectivity index (χ4v) is 21.4. The Kier molecular flexibility index (Phi) is 53.1. The number of β-amino-alcohol motifs (C(OH)–C–C–N with tert-alkyl or cyclic N) is 1. The molecule has 8 saturated heterocycles. The van der Waals surface area contributed by atoms with E-state index in [0.29, 0.717) is 103 Å². The molecule has 13 N–H and O–H groups in total. The zero-order valence-electron chi connectivity index (χ0n) is 81.4. The van der Waals surface area contributed by atoms with E-state index in [4.69, 9.17) is 74.1 Å². The quantitative estimate of drug-likeness (QED) is 0.0298. The fraction of sp³-hybridized carbons (Fsp3) is 0.943. The normalized spacial score (nSPS) is 33.9. The van der Waals surface area contributed by atoms with Gasteiger partial charge in [0.25, 0.3) is 31.3 Å². The van der Waals surface area contributed by atoms with Gasteiger partial charge < -0.3 is 180 Å². The number of Topliss-reactive ketones (excluding diaryl/α,β-unsaturated/α-hetero) is 1. The zero-order chi connectivity index (χ0) is 102. The van der Waals surface area contributed by atoms with Gasteiger partial charge in [-0.2, -0.15) is 0 Å². The topological polar surface area (TPSA) is 670 Å². The van der Waals surface area contributed by atoms with Gasteiger partial charge in [0.15, 0.2) is 25.2 Å². The number of carbonyl (C=O) groups excluding carboxylic acids is 5. The summed E-state index contributed by atoms with van der Waals surface area (Å²) in [5.74, 6) is -2.45. The number of phosphoric acid groups is 4. The van der Waals surface area contributed by atoms with Gasteiger partial charge in [0.1, 0.15) is 54.6 Å². The fourth-order valence-electron chi connectivity index (χ4n) is 17.5. The third kappa shape index (κ3) is 41.4. The van der Waals surface area contributed by atoms with Gasteiger partial charge in [-0.25, -0.2) is 0 Å². The standard InChI is InChI=1S/C39H72N2O20P2.C27H50NO12P.C21H40NO10P/c1-23-15-26(40(17-23)31(44)11-7-9-13-54-37-24(2)33(46)35(48)29(19-42)58-37)21-56-62(50,51)60-28-16-27(22-57-63(52,53)61-39(4,5)6)41(18-28)32(45)12-8-10-14-55-38-25(3)34(47)36(49)30(20-43)59-38;1-18(2)40-41(35,36)38-17-20-14-22(31)15-28(20)24(32)12-7-5-4-6-10-21(30)11-8-9-13-37-27-19(3)25(33)26(34)23(16-29)39-27;1-13(2)32-33(27,28)30-12-16-9-14(3)10-22(16)18(24)7-5-6-8-29-21-15(4)19(25)20(26)17(11-23)31-21/h23-30,33-38,42-43,46-49H,7-22H2,1-6H3,(H,50,51)(H,52,53);18-20,22-23,25-27,29,31,33-34H,4-17H2,1-3H3,(H,35,36);13-17,19-21,23,25-26H,5-12H2,1-4H3,(H,27,28)/p-4/t23-,24?,25?,26+,27+,28-,29?,30?,33?,34?,35?,36?,37?,38?;19?,20-,22+,23?,25?,26?,27?;14-,15?,16+,17?,19?,20?,21?/m101/s1. The van der Waals surface area contributed by atoms with Crippen molar-refractivity contribution >= 4 is 60.7 Å². The van der Waals surface area contributed by atoms with Crippen molar-refractivity contribution in [3.8, 4) is 0 Å². The second kappa shape index (κ2) is 59.2. The maximum absolute atomic E-state index is 13.5. The number of rotatable bonds is 54. The molecule has 137 heavy (non-hydrogen) atoms. The molecule has 0 aliphatic carbocycles. The van der Waals surface area contributed by atoms with Crippen molar-refractivity contribution in [3.05, 3.63) is 0 Å². The van der Waals surface area contributed by atoms with E-state index in [0.717, 1.165) is 19.3 Å². The molecule has 0 radical (unpaired) electrons. The minimum atomic E-state index is -5.02. The smallest absolute Gasteiger partial charge is 0.268 e. The van der Waals surface area contributed by atoms with E-state index in [1.165, 1.54) is 30.6 Å². The molecule has 0 bridgehead atoms. The number of unbranched alkanes of at least 4 members (excludes halogenated alkanes) is 7. The molecule has 8 rings (SSSR count). The lowest BCUT2D eigenvalue weighted by atomic mass is 9.92.